The van der Waals surface area contributed by atoms with Crippen LogP contribution in [-0.4, -0.2) is 18.0 Å². The number of hydrogen-bond acceptors (Lipinski definition) is 3. The van der Waals surface area contributed by atoms with Gasteiger partial charge in [0, 0.05) is 11.6 Å². The van der Waals surface area contributed by atoms with Crippen LogP contribution in [0.3, 0.4) is 0 Å². The van der Waals surface area contributed by atoms with Gasteiger partial charge < -0.3 is 4.57 Å². The van der Waals surface area contributed by atoms with Crippen molar-refractivity contribution in [1.29, 1.82) is 0 Å². The Kier molecular flexibility index (Phi) is 5.44. The first-order valence-electron chi connectivity index (χ1n) is 8.38. The van der Waals surface area contributed by atoms with Crippen LogP contribution in [0.1, 0.15) is 31.3 Å². The number of alkyl halides is 3. The summed E-state index contributed by atoms with van der Waals surface area (Å²) in [4.78, 5) is 4.29. The van der Waals surface area contributed by atoms with Crippen LogP contribution in [0.15, 0.2) is 47.4 Å². The molecule has 0 aliphatic carbocycles. The third kappa shape index (κ3) is 4.01. The normalized spacial score (nSPS) is 13.8. The molecule has 3 rings (SSSR count). The van der Waals surface area contributed by atoms with E-state index in [9.17, 15) is 21.6 Å². The second-order valence-corrected chi connectivity index (χ2v) is 8.36. The lowest BCUT2D eigenvalue weighted by Gasteiger charge is -2.15. The van der Waals surface area contributed by atoms with E-state index in [1.54, 1.807) is 11.5 Å². The lowest BCUT2D eigenvalue weighted by molar-refractivity contribution is -0.137. The zero-order chi connectivity index (χ0) is 20.7. The minimum atomic E-state index is -4.48. The molecule has 1 atom stereocenters. The zero-order valence-corrected chi connectivity index (χ0v) is 16.5. The standard InChI is InChI=1S/C18H17ClF3N3O2S/c1-3-25-16-9-4-12(18(20,21)22)10-15(16)23-17(25)11(2)24-28(26,27)14-7-5-13(19)6-8-14/h4-11,24H,3H2,1-2H3. The molecule has 0 aliphatic rings. The molecule has 0 fully saturated rings. The van der Waals surface area contributed by atoms with Crippen LogP contribution in [0.4, 0.5) is 13.2 Å². The molecule has 5 nitrogen and oxygen atoms in total. The third-order valence-electron chi connectivity index (χ3n) is 4.26. The van der Waals surface area contributed by atoms with Gasteiger partial charge in [-0.15, -0.1) is 0 Å². The number of nitrogens with zero attached hydrogens (tertiary/aromatic N) is 2. The van der Waals surface area contributed by atoms with Crippen molar-refractivity contribution in [2.75, 3.05) is 0 Å². The molecule has 3 aromatic rings. The first-order chi connectivity index (χ1) is 13.0. The van der Waals surface area contributed by atoms with Gasteiger partial charge in [-0.2, -0.15) is 13.2 Å². The minimum absolute atomic E-state index is 0.0299. The van der Waals surface area contributed by atoms with E-state index < -0.39 is 27.8 Å². The number of imidazole rings is 1. The van der Waals surface area contributed by atoms with E-state index in [-0.39, 0.29) is 10.4 Å². The largest absolute Gasteiger partial charge is 0.416 e. The maximum absolute atomic E-state index is 13.0. The van der Waals surface area contributed by atoms with Gasteiger partial charge in [0.2, 0.25) is 10.0 Å². The van der Waals surface area contributed by atoms with Crippen LogP contribution in [0.2, 0.25) is 5.02 Å². The summed E-state index contributed by atoms with van der Waals surface area (Å²) in [5.41, 5.74) is -0.144. The molecule has 0 aliphatic heterocycles. The molecule has 28 heavy (non-hydrogen) atoms. The molecule has 2 aromatic carbocycles. The summed E-state index contributed by atoms with van der Waals surface area (Å²) in [6.45, 7) is 3.82. The number of fused-ring (bicyclic) bond motifs is 1. The zero-order valence-electron chi connectivity index (χ0n) is 15.0. The Morgan fingerprint density at radius 1 is 1.18 bits per heavy atom. The highest BCUT2D eigenvalue weighted by Gasteiger charge is 2.31. The highest BCUT2D eigenvalue weighted by atomic mass is 35.5. The molecule has 0 saturated heterocycles. The van der Waals surface area contributed by atoms with Crippen molar-refractivity contribution in [3.05, 3.63) is 58.9 Å². The number of halogens is 4. The number of sulfonamides is 1. The number of aryl methyl sites for hydroxylation is 1. The fourth-order valence-corrected chi connectivity index (χ4v) is 4.28. The van der Waals surface area contributed by atoms with Gasteiger partial charge in [-0.1, -0.05) is 11.6 Å². The summed E-state index contributed by atoms with van der Waals surface area (Å²) in [5.74, 6) is 0.328. The molecule has 0 radical (unpaired) electrons. The van der Waals surface area contributed by atoms with E-state index in [0.717, 1.165) is 12.1 Å². The van der Waals surface area contributed by atoms with Crippen LogP contribution in [-0.2, 0) is 22.7 Å². The fraction of sp³-hybridized carbons (Fsp3) is 0.278. The predicted octanol–water partition coefficient (Wildman–Crippen LogP) is 4.77. The monoisotopic (exact) mass is 431 g/mol. The Labute approximate surface area is 165 Å². The van der Waals surface area contributed by atoms with Gasteiger partial charge in [0.1, 0.15) is 5.82 Å². The average Bonchev–Trinajstić information content (AvgIpc) is 2.99. The molecule has 0 amide bonds. The van der Waals surface area contributed by atoms with Crippen molar-refractivity contribution in [3.8, 4) is 0 Å². The van der Waals surface area contributed by atoms with Crippen LogP contribution in [0.25, 0.3) is 11.0 Å². The lowest BCUT2D eigenvalue weighted by atomic mass is 10.2. The third-order valence-corrected chi connectivity index (χ3v) is 6.07. The number of benzene rings is 2. The first-order valence-corrected chi connectivity index (χ1v) is 10.2. The quantitative estimate of drug-likeness (QED) is 0.633. The summed E-state index contributed by atoms with van der Waals surface area (Å²) in [6.07, 6.45) is -4.48. The number of rotatable bonds is 5. The Balaban J connectivity index is 1.98. The molecule has 1 heterocycles. The van der Waals surface area contributed by atoms with Crippen molar-refractivity contribution in [3.63, 3.8) is 0 Å². The highest BCUT2D eigenvalue weighted by Crippen LogP contribution is 2.32. The van der Waals surface area contributed by atoms with E-state index in [0.29, 0.717) is 22.9 Å². The summed E-state index contributed by atoms with van der Waals surface area (Å²) >= 11 is 5.78. The molecule has 1 unspecified atom stereocenters. The Morgan fingerprint density at radius 3 is 2.39 bits per heavy atom. The van der Waals surface area contributed by atoms with Crippen molar-refractivity contribution in [1.82, 2.24) is 14.3 Å². The SMILES string of the molecule is CCn1c(C(C)NS(=O)(=O)c2ccc(Cl)cc2)nc2cc(C(F)(F)F)ccc21. The van der Waals surface area contributed by atoms with Gasteiger partial charge in [-0.05, 0) is 56.3 Å². The van der Waals surface area contributed by atoms with Crippen LogP contribution >= 0.6 is 11.6 Å². The average molecular weight is 432 g/mol. The van der Waals surface area contributed by atoms with Crippen molar-refractivity contribution < 1.29 is 21.6 Å². The van der Waals surface area contributed by atoms with Crippen LogP contribution < -0.4 is 4.72 Å². The van der Waals surface area contributed by atoms with Crippen LogP contribution in [0, 0.1) is 0 Å². The molecule has 1 aromatic heterocycles. The second kappa shape index (κ2) is 7.38. The highest BCUT2D eigenvalue weighted by molar-refractivity contribution is 7.89. The van der Waals surface area contributed by atoms with E-state index >= 15 is 0 Å². The molecular formula is C18H17ClF3N3O2S. The molecule has 0 bridgehead atoms. The van der Waals surface area contributed by atoms with E-state index in [4.69, 9.17) is 11.6 Å². The molecule has 150 valence electrons. The lowest BCUT2D eigenvalue weighted by Crippen LogP contribution is -2.28. The summed E-state index contributed by atoms with van der Waals surface area (Å²) < 4.78 is 68.3. The summed E-state index contributed by atoms with van der Waals surface area (Å²) in [7, 11) is -3.86. The number of nitrogens with one attached hydrogen (secondary N) is 1. The van der Waals surface area contributed by atoms with Crippen molar-refractivity contribution >= 4 is 32.7 Å². The Hall–Kier alpha value is -2.10. The smallest absolute Gasteiger partial charge is 0.327 e. The Morgan fingerprint density at radius 2 is 1.82 bits per heavy atom. The maximum atomic E-state index is 13.0. The van der Waals surface area contributed by atoms with Gasteiger partial charge >= 0.3 is 6.18 Å². The Bertz CT molecular complexity index is 1110. The van der Waals surface area contributed by atoms with E-state index in [1.165, 1.54) is 30.3 Å². The maximum Gasteiger partial charge on any atom is 0.416 e. The van der Waals surface area contributed by atoms with Gasteiger partial charge in [0.15, 0.2) is 0 Å². The molecule has 0 saturated carbocycles. The van der Waals surface area contributed by atoms with Crippen LogP contribution in [0.5, 0.6) is 0 Å². The number of aromatic nitrogens is 2. The summed E-state index contributed by atoms with van der Waals surface area (Å²) in [5, 5.41) is 0.403. The van der Waals surface area contributed by atoms with Crippen molar-refractivity contribution in [2.45, 2.75) is 37.5 Å². The topological polar surface area (TPSA) is 64.0 Å². The molecule has 1 N–H and O–H groups in total. The van der Waals surface area contributed by atoms with E-state index in [1.807, 2.05) is 6.92 Å². The molecule has 10 heteroatoms. The van der Waals surface area contributed by atoms with Crippen molar-refractivity contribution in [2.24, 2.45) is 0 Å². The first kappa shape index (κ1) is 20.6. The summed E-state index contributed by atoms with van der Waals surface area (Å²) in [6, 6.07) is 8.20. The van der Waals surface area contributed by atoms with Gasteiger partial charge in [0.25, 0.3) is 0 Å². The predicted molar refractivity (Wildman–Crippen MR) is 101 cm³/mol. The number of hydrogen-bond donors (Lipinski definition) is 1. The van der Waals surface area contributed by atoms with Gasteiger partial charge in [-0.3, -0.25) is 0 Å². The van der Waals surface area contributed by atoms with Gasteiger partial charge in [-0.25, -0.2) is 18.1 Å². The van der Waals surface area contributed by atoms with Gasteiger partial charge in [0.05, 0.1) is 27.5 Å². The second-order valence-electron chi connectivity index (χ2n) is 6.21. The fourth-order valence-electron chi connectivity index (χ4n) is 2.95. The van der Waals surface area contributed by atoms with E-state index in [2.05, 4.69) is 9.71 Å². The minimum Gasteiger partial charge on any atom is -0.327 e. The molecular weight excluding hydrogens is 415 g/mol. The molecule has 0 spiro atoms.